The largest absolute Gasteiger partial charge is 0.493 e. The van der Waals surface area contributed by atoms with Gasteiger partial charge in [0, 0.05) is 4.47 Å². The summed E-state index contributed by atoms with van der Waals surface area (Å²) in [4.78, 5) is 0. The fourth-order valence-electron chi connectivity index (χ4n) is 1.47. The zero-order valence-electron chi connectivity index (χ0n) is 6.85. The average Bonchev–Trinajstić information content (AvgIpc) is 2.28. The number of ether oxygens (including phenoxy) is 1. The molecule has 0 atom stereocenters. The first kappa shape index (κ1) is 8.11. The van der Waals surface area contributed by atoms with Crippen molar-refractivity contribution in [2.45, 2.75) is 19.3 Å². The van der Waals surface area contributed by atoms with Crippen LogP contribution in [0.3, 0.4) is 0 Å². The molecule has 12 heavy (non-hydrogen) atoms. The van der Waals surface area contributed by atoms with Crippen LogP contribution in [0, 0.1) is 0 Å². The lowest BCUT2D eigenvalue weighted by molar-refractivity contribution is 0.317. The maximum atomic E-state index is 5.60. The maximum Gasteiger partial charge on any atom is 0.123 e. The first-order chi connectivity index (χ1) is 5.86. The number of halogens is 1. The molecule has 1 aliphatic heterocycles. The van der Waals surface area contributed by atoms with E-state index in [2.05, 4.69) is 34.1 Å². The smallest absolute Gasteiger partial charge is 0.123 e. The van der Waals surface area contributed by atoms with Crippen LogP contribution in [0.25, 0.3) is 0 Å². The van der Waals surface area contributed by atoms with E-state index in [0.29, 0.717) is 0 Å². The Balaban J connectivity index is 2.36. The van der Waals surface area contributed by atoms with Crippen molar-refractivity contribution in [3.63, 3.8) is 0 Å². The van der Waals surface area contributed by atoms with Crippen LogP contribution >= 0.6 is 15.9 Å². The summed E-state index contributed by atoms with van der Waals surface area (Å²) in [5.74, 6) is 1.06. The number of rotatable bonds is 0. The van der Waals surface area contributed by atoms with E-state index in [1.165, 1.54) is 18.4 Å². The second kappa shape index (κ2) is 3.48. The molecule has 1 aromatic rings. The summed E-state index contributed by atoms with van der Waals surface area (Å²) < 4.78 is 6.70. The summed E-state index contributed by atoms with van der Waals surface area (Å²) >= 11 is 3.44. The average molecular weight is 227 g/mol. The Hall–Kier alpha value is -0.500. The van der Waals surface area contributed by atoms with Crippen LogP contribution in [0.2, 0.25) is 0 Å². The second-order valence-corrected chi connectivity index (χ2v) is 3.97. The molecule has 1 aromatic carbocycles. The fourth-order valence-corrected chi connectivity index (χ4v) is 1.81. The molecule has 0 fully saturated rings. The predicted molar refractivity (Wildman–Crippen MR) is 52.6 cm³/mol. The zero-order valence-corrected chi connectivity index (χ0v) is 8.43. The first-order valence-electron chi connectivity index (χ1n) is 4.27. The number of fused-ring (bicyclic) bond motifs is 1. The minimum atomic E-state index is 0.865. The van der Waals surface area contributed by atoms with E-state index < -0.39 is 0 Å². The van der Waals surface area contributed by atoms with Crippen molar-refractivity contribution in [3.05, 3.63) is 28.2 Å². The molecule has 1 nitrogen and oxygen atoms in total. The van der Waals surface area contributed by atoms with Crippen LogP contribution in [-0.2, 0) is 6.42 Å². The third-order valence-corrected chi connectivity index (χ3v) is 2.62. The molecule has 0 radical (unpaired) electrons. The third-order valence-electron chi connectivity index (χ3n) is 2.13. The lowest BCUT2D eigenvalue weighted by atomic mass is 10.1. The molecule has 1 aliphatic rings. The van der Waals surface area contributed by atoms with Crippen molar-refractivity contribution >= 4 is 15.9 Å². The summed E-state index contributed by atoms with van der Waals surface area (Å²) in [6.07, 6.45) is 3.57. The summed E-state index contributed by atoms with van der Waals surface area (Å²) in [5, 5.41) is 0. The van der Waals surface area contributed by atoms with Crippen molar-refractivity contribution in [2.24, 2.45) is 0 Å². The minimum Gasteiger partial charge on any atom is -0.493 e. The summed E-state index contributed by atoms with van der Waals surface area (Å²) in [5.41, 5.74) is 1.34. The van der Waals surface area contributed by atoms with Gasteiger partial charge in [0.05, 0.1) is 6.61 Å². The highest BCUT2D eigenvalue weighted by Gasteiger charge is 2.07. The maximum absolute atomic E-state index is 5.60. The van der Waals surface area contributed by atoms with Gasteiger partial charge in [-0.1, -0.05) is 22.0 Å². The van der Waals surface area contributed by atoms with Gasteiger partial charge in [-0.05, 0) is 37.0 Å². The van der Waals surface area contributed by atoms with E-state index in [1.807, 2.05) is 0 Å². The van der Waals surface area contributed by atoms with Gasteiger partial charge in [-0.15, -0.1) is 0 Å². The highest BCUT2D eigenvalue weighted by Crippen LogP contribution is 2.27. The van der Waals surface area contributed by atoms with Gasteiger partial charge in [-0.25, -0.2) is 0 Å². The summed E-state index contributed by atoms with van der Waals surface area (Å²) in [6.45, 7) is 0.865. The highest BCUT2D eigenvalue weighted by atomic mass is 79.9. The molecule has 0 amide bonds. The van der Waals surface area contributed by atoms with Crippen molar-refractivity contribution in [2.75, 3.05) is 6.61 Å². The monoisotopic (exact) mass is 226 g/mol. The quantitative estimate of drug-likeness (QED) is 0.661. The molecule has 0 unspecified atom stereocenters. The van der Waals surface area contributed by atoms with Crippen LogP contribution < -0.4 is 4.74 Å². The Bertz CT molecular complexity index is 283. The molecule has 0 aliphatic carbocycles. The van der Waals surface area contributed by atoms with Gasteiger partial charge in [-0.2, -0.15) is 0 Å². The van der Waals surface area contributed by atoms with Crippen molar-refractivity contribution in [3.8, 4) is 5.75 Å². The number of hydrogen-bond donors (Lipinski definition) is 0. The highest BCUT2D eigenvalue weighted by molar-refractivity contribution is 9.10. The normalized spacial score (nSPS) is 16.1. The molecule has 0 aromatic heterocycles. The standard InChI is InChI=1S/C10H11BrO/c11-9-5-4-8-3-1-2-6-12-10(8)7-9/h4-5,7H,1-3,6H2. The lowest BCUT2D eigenvalue weighted by Crippen LogP contribution is -1.94. The summed E-state index contributed by atoms with van der Waals surface area (Å²) in [6, 6.07) is 6.28. The van der Waals surface area contributed by atoms with Crippen LogP contribution in [-0.4, -0.2) is 6.61 Å². The van der Waals surface area contributed by atoms with Crippen LogP contribution in [0.15, 0.2) is 22.7 Å². The van der Waals surface area contributed by atoms with E-state index in [-0.39, 0.29) is 0 Å². The van der Waals surface area contributed by atoms with Crippen LogP contribution in [0.1, 0.15) is 18.4 Å². The third kappa shape index (κ3) is 1.63. The molecule has 0 bridgehead atoms. The van der Waals surface area contributed by atoms with E-state index in [9.17, 15) is 0 Å². The molecule has 0 spiro atoms. The molecular weight excluding hydrogens is 216 g/mol. The fraction of sp³-hybridized carbons (Fsp3) is 0.400. The van der Waals surface area contributed by atoms with Crippen molar-refractivity contribution in [1.82, 2.24) is 0 Å². The van der Waals surface area contributed by atoms with Gasteiger partial charge >= 0.3 is 0 Å². The van der Waals surface area contributed by atoms with Gasteiger partial charge in [0.15, 0.2) is 0 Å². The zero-order chi connectivity index (χ0) is 8.39. The van der Waals surface area contributed by atoms with E-state index in [1.54, 1.807) is 0 Å². The minimum absolute atomic E-state index is 0.865. The second-order valence-electron chi connectivity index (χ2n) is 3.06. The molecule has 2 rings (SSSR count). The van der Waals surface area contributed by atoms with Crippen LogP contribution in [0.4, 0.5) is 0 Å². The van der Waals surface area contributed by atoms with Crippen LogP contribution in [0.5, 0.6) is 5.75 Å². The van der Waals surface area contributed by atoms with Crippen molar-refractivity contribution < 1.29 is 4.74 Å². The number of benzene rings is 1. The Morgan fingerprint density at radius 1 is 1.25 bits per heavy atom. The van der Waals surface area contributed by atoms with E-state index >= 15 is 0 Å². The van der Waals surface area contributed by atoms with Crippen molar-refractivity contribution in [1.29, 1.82) is 0 Å². The molecule has 2 heteroatoms. The SMILES string of the molecule is Brc1ccc2c(c1)OCCCC2. The predicted octanol–water partition coefficient (Wildman–Crippen LogP) is 3.16. The molecular formula is C10H11BrO. The topological polar surface area (TPSA) is 9.23 Å². The lowest BCUT2D eigenvalue weighted by Gasteiger charge is -2.06. The van der Waals surface area contributed by atoms with Gasteiger partial charge in [0.1, 0.15) is 5.75 Å². The Kier molecular flexibility index (Phi) is 2.35. The Morgan fingerprint density at radius 2 is 2.17 bits per heavy atom. The molecule has 1 heterocycles. The molecule has 0 saturated carbocycles. The molecule has 64 valence electrons. The van der Waals surface area contributed by atoms with Gasteiger partial charge in [0.25, 0.3) is 0 Å². The van der Waals surface area contributed by atoms with Gasteiger partial charge in [-0.3, -0.25) is 0 Å². The van der Waals surface area contributed by atoms with E-state index in [4.69, 9.17) is 4.74 Å². The van der Waals surface area contributed by atoms with E-state index in [0.717, 1.165) is 23.2 Å². The Labute approximate surface area is 80.9 Å². The number of aryl methyl sites for hydroxylation is 1. The van der Waals surface area contributed by atoms with Gasteiger partial charge < -0.3 is 4.74 Å². The number of hydrogen-bond acceptors (Lipinski definition) is 1. The molecule has 0 N–H and O–H groups in total. The summed E-state index contributed by atoms with van der Waals surface area (Å²) in [7, 11) is 0. The van der Waals surface area contributed by atoms with Gasteiger partial charge in [0.2, 0.25) is 0 Å². The molecule has 0 saturated heterocycles. The first-order valence-corrected chi connectivity index (χ1v) is 5.07. The Morgan fingerprint density at radius 3 is 3.08 bits per heavy atom.